The first-order chi connectivity index (χ1) is 15.9. The van der Waals surface area contributed by atoms with Gasteiger partial charge in [0.1, 0.15) is 17.6 Å². The lowest BCUT2D eigenvalue weighted by Gasteiger charge is -2.49. The van der Waals surface area contributed by atoms with Gasteiger partial charge in [0.15, 0.2) is 0 Å². The number of hydrazine groups is 1. The summed E-state index contributed by atoms with van der Waals surface area (Å²) in [7, 11) is 0. The highest BCUT2D eigenvalue weighted by Gasteiger charge is 2.45. The highest BCUT2D eigenvalue weighted by Crippen LogP contribution is 2.26. The molecular formula is C23H35N7O3. The lowest BCUT2D eigenvalue weighted by Crippen LogP contribution is -2.77. The summed E-state index contributed by atoms with van der Waals surface area (Å²) in [6, 6.07) is 9.83. The van der Waals surface area contributed by atoms with Gasteiger partial charge in [0, 0.05) is 37.8 Å². The number of hydrogen-bond donors (Lipinski definition) is 6. The zero-order valence-corrected chi connectivity index (χ0v) is 19.3. The Hall–Kier alpha value is -2.42. The molecule has 0 radical (unpaired) electrons. The molecule has 0 bridgehead atoms. The van der Waals surface area contributed by atoms with Crippen LogP contribution >= 0.6 is 0 Å². The van der Waals surface area contributed by atoms with Crippen molar-refractivity contribution in [1.82, 2.24) is 26.4 Å². The highest BCUT2D eigenvalue weighted by molar-refractivity contribution is 5.81. The molecule has 3 heterocycles. The number of anilines is 1. The van der Waals surface area contributed by atoms with Crippen molar-refractivity contribution in [2.45, 2.75) is 57.2 Å². The molecule has 3 aliphatic heterocycles. The fourth-order valence-corrected chi connectivity index (χ4v) is 4.75. The molecule has 4 atom stereocenters. The molecule has 10 nitrogen and oxygen atoms in total. The fraction of sp³-hybridized carbons (Fsp3) is 0.652. The number of ether oxygens (including phenoxy) is 1. The first kappa shape index (κ1) is 23.7. The topological polar surface area (TPSA) is 134 Å². The van der Waals surface area contributed by atoms with E-state index in [2.05, 4.69) is 37.8 Å². The molecule has 3 aliphatic rings. The Morgan fingerprint density at radius 2 is 1.97 bits per heavy atom. The number of nitrogens with one attached hydrogen (secondary N) is 5. The lowest BCUT2D eigenvalue weighted by atomic mass is 9.90. The van der Waals surface area contributed by atoms with Gasteiger partial charge in [0.2, 0.25) is 5.91 Å². The number of likely N-dealkylation sites (tertiary alicyclic amines) is 1. The zero-order chi connectivity index (χ0) is 23.4. The molecule has 4 rings (SSSR count). The van der Waals surface area contributed by atoms with E-state index in [0.29, 0.717) is 24.6 Å². The minimum absolute atomic E-state index is 0.0210. The van der Waals surface area contributed by atoms with Gasteiger partial charge in [-0.25, -0.2) is 5.43 Å². The van der Waals surface area contributed by atoms with Crippen molar-refractivity contribution < 1.29 is 14.6 Å². The molecule has 0 aliphatic carbocycles. The van der Waals surface area contributed by atoms with Gasteiger partial charge in [-0.05, 0) is 56.9 Å². The predicted molar refractivity (Wildman–Crippen MR) is 124 cm³/mol. The van der Waals surface area contributed by atoms with Gasteiger partial charge in [0.05, 0.1) is 24.8 Å². The van der Waals surface area contributed by atoms with E-state index in [4.69, 9.17) is 10.00 Å². The Morgan fingerprint density at radius 3 is 2.64 bits per heavy atom. The van der Waals surface area contributed by atoms with E-state index >= 15 is 0 Å². The number of carbonyl (C=O) groups is 1. The normalized spacial score (nSPS) is 29.0. The summed E-state index contributed by atoms with van der Waals surface area (Å²) in [5.74, 6) is 0.797. The van der Waals surface area contributed by atoms with Gasteiger partial charge in [-0.1, -0.05) is 0 Å². The van der Waals surface area contributed by atoms with Crippen LogP contribution in [0.25, 0.3) is 0 Å². The monoisotopic (exact) mass is 457 g/mol. The minimum Gasteiger partial charge on any atom is -0.485 e. The number of piperidine rings is 1. The molecule has 33 heavy (non-hydrogen) atoms. The number of carbonyl (C=O) groups excluding carboxylic acids is 1. The molecule has 3 fully saturated rings. The van der Waals surface area contributed by atoms with E-state index in [1.54, 1.807) is 0 Å². The molecule has 1 amide bonds. The number of nitrogens with zero attached hydrogens (tertiary/aromatic N) is 2. The molecule has 0 saturated carbocycles. The Bertz CT molecular complexity index is 849. The molecule has 10 heteroatoms. The molecule has 1 aromatic rings. The van der Waals surface area contributed by atoms with Crippen LogP contribution in [0.2, 0.25) is 0 Å². The highest BCUT2D eigenvalue weighted by atomic mass is 16.5. The second-order valence-electron chi connectivity index (χ2n) is 9.75. The third kappa shape index (κ3) is 5.75. The molecular weight excluding hydrogens is 422 g/mol. The van der Waals surface area contributed by atoms with Gasteiger partial charge in [0.25, 0.3) is 0 Å². The van der Waals surface area contributed by atoms with Crippen LogP contribution in [0.1, 0.15) is 33.1 Å². The second-order valence-corrected chi connectivity index (χ2v) is 9.75. The summed E-state index contributed by atoms with van der Waals surface area (Å²) < 4.78 is 5.82. The Labute approximate surface area is 195 Å². The molecule has 180 valence electrons. The van der Waals surface area contributed by atoms with E-state index in [1.807, 2.05) is 38.1 Å². The maximum atomic E-state index is 12.7. The van der Waals surface area contributed by atoms with E-state index in [9.17, 15) is 9.90 Å². The standard InChI is InChI=1S/C23H35N7O3/c1-23(2,14-31)33-17-5-3-16(4-6-17)26-20-19-18(13-25-29-21(19)32)27-22(28-20)30-11-8-15(7-10-24)9-12-30/h3-6,15,18-20,22,25-28,31H,7-9,11-14H2,1-2H3,(H,29,32). The van der Waals surface area contributed by atoms with Crippen LogP contribution in [-0.4, -0.2) is 66.3 Å². The number of rotatable bonds is 7. The van der Waals surface area contributed by atoms with Crippen LogP contribution < -0.4 is 31.5 Å². The molecule has 0 spiro atoms. The Morgan fingerprint density at radius 1 is 1.24 bits per heavy atom. The SMILES string of the molecule is CC(C)(CO)Oc1ccc(NC2NC(N3CCC(CC#N)CC3)NC3CNNC(=O)C32)cc1. The molecule has 6 N–H and O–H groups in total. The Kier molecular flexibility index (Phi) is 7.36. The average Bonchev–Trinajstić information content (AvgIpc) is 2.81. The van der Waals surface area contributed by atoms with Gasteiger partial charge >= 0.3 is 0 Å². The third-order valence-electron chi connectivity index (χ3n) is 6.68. The molecule has 0 aromatic heterocycles. The number of benzene rings is 1. The summed E-state index contributed by atoms with van der Waals surface area (Å²) >= 11 is 0. The number of aliphatic hydroxyl groups excluding tert-OH is 1. The van der Waals surface area contributed by atoms with Crippen molar-refractivity contribution in [3.63, 3.8) is 0 Å². The van der Waals surface area contributed by atoms with Crippen molar-refractivity contribution >= 4 is 11.6 Å². The largest absolute Gasteiger partial charge is 0.485 e. The quantitative estimate of drug-likeness (QED) is 0.342. The van der Waals surface area contributed by atoms with Crippen LogP contribution in [0.4, 0.5) is 5.69 Å². The van der Waals surface area contributed by atoms with E-state index < -0.39 is 5.60 Å². The lowest BCUT2D eigenvalue weighted by molar-refractivity contribution is -0.132. The Balaban J connectivity index is 1.44. The molecule has 4 unspecified atom stereocenters. The maximum Gasteiger partial charge on any atom is 0.242 e. The smallest absolute Gasteiger partial charge is 0.242 e. The van der Waals surface area contributed by atoms with Crippen LogP contribution in [-0.2, 0) is 4.79 Å². The van der Waals surface area contributed by atoms with E-state index in [-0.39, 0.29) is 36.9 Å². The molecule has 3 saturated heterocycles. The number of fused-ring (bicyclic) bond motifs is 1. The fourth-order valence-electron chi connectivity index (χ4n) is 4.75. The van der Waals surface area contributed by atoms with Gasteiger partial charge in [-0.2, -0.15) is 5.26 Å². The van der Waals surface area contributed by atoms with Crippen molar-refractivity contribution in [3.05, 3.63) is 24.3 Å². The van der Waals surface area contributed by atoms with Gasteiger partial charge in [-0.15, -0.1) is 0 Å². The number of hydrogen-bond acceptors (Lipinski definition) is 9. The summed E-state index contributed by atoms with van der Waals surface area (Å²) in [5, 5.41) is 29.1. The van der Waals surface area contributed by atoms with Crippen molar-refractivity contribution in [1.29, 1.82) is 5.26 Å². The number of nitriles is 1. The maximum absolute atomic E-state index is 12.7. The van der Waals surface area contributed by atoms with Gasteiger partial charge < -0.3 is 15.2 Å². The number of amides is 1. The first-order valence-electron chi connectivity index (χ1n) is 11.7. The van der Waals surface area contributed by atoms with Crippen LogP contribution in [0.3, 0.4) is 0 Å². The van der Waals surface area contributed by atoms with Crippen LogP contribution in [0.15, 0.2) is 24.3 Å². The van der Waals surface area contributed by atoms with Crippen LogP contribution in [0.5, 0.6) is 5.75 Å². The summed E-state index contributed by atoms with van der Waals surface area (Å²) in [5.41, 5.74) is 5.97. The summed E-state index contributed by atoms with van der Waals surface area (Å²) in [6.07, 6.45) is 2.30. The first-order valence-corrected chi connectivity index (χ1v) is 11.7. The second kappa shape index (κ2) is 10.2. The van der Waals surface area contributed by atoms with Crippen molar-refractivity contribution in [2.24, 2.45) is 11.8 Å². The van der Waals surface area contributed by atoms with E-state index in [0.717, 1.165) is 31.6 Å². The van der Waals surface area contributed by atoms with Crippen molar-refractivity contribution in [3.8, 4) is 11.8 Å². The summed E-state index contributed by atoms with van der Waals surface area (Å²) in [4.78, 5) is 15.0. The molecule has 1 aromatic carbocycles. The van der Waals surface area contributed by atoms with E-state index in [1.165, 1.54) is 0 Å². The summed E-state index contributed by atoms with van der Waals surface area (Å²) in [6.45, 7) is 6.04. The van der Waals surface area contributed by atoms with Gasteiger partial charge in [-0.3, -0.25) is 25.8 Å². The minimum atomic E-state index is -0.653. The zero-order valence-electron chi connectivity index (χ0n) is 19.3. The predicted octanol–water partition coefficient (Wildman–Crippen LogP) is 0.296. The third-order valence-corrected chi connectivity index (χ3v) is 6.68. The number of aliphatic hydroxyl groups is 1. The average molecular weight is 458 g/mol. The van der Waals surface area contributed by atoms with Crippen LogP contribution in [0, 0.1) is 23.2 Å². The van der Waals surface area contributed by atoms with Crippen molar-refractivity contribution in [2.75, 3.05) is 31.6 Å².